The van der Waals surface area contributed by atoms with Crippen LogP contribution in [-0.4, -0.2) is 55.7 Å². The molecule has 2 rings (SSSR count). The predicted octanol–water partition coefficient (Wildman–Crippen LogP) is 3.26. The molecule has 156 valence electrons. The molecule has 0 aromatic heterocycles. The number of likely N-dealkylation sites (tertiary alicyclic amines) is 1. The molecule has 2 unspecified atom stereocenters. The van der Waals surface area contributed by atoms with Crippen molar-refractivity contribution >= 4 is 11.8 Å². The molecule has 1 aliphatic rings. The molecule has 28 heavy (non-hydrogen) atoms. The van der Waals surface area contributed by atoms with E-state index in [1.807, 2.05) is 18.7 Å². The quantitative estimate of drug-likeness (QED) is 0.740. The molecule has 0 bridgehead atoms. The minimum atomic E-state index is -0.539. The lowest BCUT2D eigenvalue weighted by Crippen LogP contribution is -2.51. The van der Waals surface area contributed by atoms with Crippen LogP contribution in [-0.2, 0) is 9.53 Å². The molecular formula is C22H34N2O4. The van der Waals surface area contributed by atoms with Gasteiger partial charge in [-0.1, -0.05) is 20.8 Å². The molecule has 6 heteroatoms. The summed E-state index contributed by atoms with van der Waals surface area (Å²) in [7, 11) is 1.58. The Morgan fingerprint density at radius 3 is 2.50 bits per heavy atom. The van der Waals surface area contributed by atoms with Crippen molar-refractivity contribution in [3.05, 3.63) is 29.8 Å². The number of methoxy groups -OCH3 is 1. The van der Waals surface area contributed by atoms with Crippen molar-refractivity contribution in [3.8, 4) is 5.75 Å². The average Bonchev–Trinajstić information content (AvgIpc) is 2.95. The topological polar surface area (TPSA) is 67.9 Å². The van der Waals surface area contributed by atoms with E-state index in [2.05, 4.69) is 12.2 Å². The number of rotatable bonds is 8. The van der Waals surface area contributed by atoms with Crippen molar-refractivity contribution in [3.63, 3.8) is 0 Å². The first kappa shape index (κ1) is 22.2. The van der Waals surface area contributed by atoms with E-state index in [0.29, 0.717) is 24.4 Å². The van der Waals surface area contributed by atoms with Gasteiger partial charge in [-0.15, -0.1) is 0 Å². The largest absolute Gasteiger partial charge is 0.497 e. The number of amides is 2. The number of hydrogen-bond donors (Lipinski definition) is 1. The molecular weight excluding hydrogens is 356 g/mol. The lowest BCUT2D eigenvalue weighted by atomic mass is 10.0. The minimum absolute atomic E-state index is 0.00471. The maximum absolute atomic E-state index is 13.1. The number of benzene rings is 1. The lowest BCUT2D eigenvalue weighted by Gasteiger charge is -2.29. The first-order valence-corrected chi connectivity index (χ1v) is 10.3. The van der Waals surface area contributed by atoms with Gasteiger partial charge in [0.2, 0.25) is 5.91 Å². The van der Waals surface area contributed by atoms with E-state index in [0.717, 1.165) is 32.3 Å². The summed E-state index contributed by atoms with van der Waals surface area (Å²) in [6, 6.07) is 6.36. The Morgan fingerprint density at radius 2 is 1.89 bits per heavy atom. The first-order chi connectivity index (χ1) is 13.5. The Hall–Kier alpha value is -2.08. The van der Waals surface area contributed by atoms with Crippen LogP contribution in [0.25, 0.3) is 0 Å². The SMILES string of the molecule is CCCOC1CCCN(C(=O)C(NC(=O)c2ccc(OC)cc2)C(C)C)CC1. The second-order valence-corrected chi connectivity index (χ2v) is 7.67. The third kappa shape index (κ3) is 6.23. The van der Waals surface area contributed by atoms with Gasteiger partial charge >= 0.3 is 0 Å². The number of nitrogens with one attached hydrogen (secondary N) is 1. The van der Waals surface area contributed by atoms with E-state index >= 15 is 0 Å². The summed E-state index contributed by atoms with van der Waals surface area (Å²) in [6.07, 6.45) is 3.99. The second kappa shape index (κ2) is 11.1. The third-order valence-electron chi connectivity index (χ3n) is 5.12. The van der Waals surface area contributed by atoms with Crippen LogP contribution in [0.15, 0.2) is 24.3 Å². The van der Waals surface area contributed by atoms with E-state index in [-0.39, 0.29) is 23.8 Å². The van der Waals surface area contributed by atoms with Gasteiger partial charge in [0.25, 0.3) is 5.91 Å². The van der Waals surface area contributed by atoms with Crippen LogP contribution in [0.2, 0.25) is 0 Å². The lowest BCUT2D eigenvalue weighted by molar-refractivity contribution is -0.134. The van der Waals surface area contributed by atoms with Crippen LogP contribution in [0.3, 0.4) is 0 Å². The summed E-state index contributed by atoms with van der Waals surface area (Å²) in [5.41, 5.74) is 0.517. The third-order valence-corrected chi connectivity index (χ3v) is 5.12. The van der Waals surface area contributed by atoms with Crippen molar-refractivity contribution < 1.29 is 19.1 Å². The Morgan fingerprint density at radius 1 is 1.18 bits per heavy atom. The molecule has 1 heterocycles. The molecule has 0 saturated carbocycles. The number of nitrogens with zero attached hydrogens (tertiary/aromatic N) is 1. The number of carbonyl (C=O) groups is 2. The van der Waals surface area contributed by atoms with Crippen molar-refractivity contribution in [2.45, 2.75) is 58.6 Å². The van der Waals surface area contributed by atoms with E-state index in [1.165, 1.54) is 0 Å². The molecule has 0 aliphatic carbocycles. The van der Waals surface area contributed by atoms with Crippen LogP contribution < -0.4 is 10.1 Å². The molecule has 0 radical (unpaired) electrons. The number of carbonyl (C=O) groups excluding carboxylic acids is 2. The van der Waals surface area contributed by atoms with Crippen molar-refractivity contribution in [1.29, 1.82) is 0 Å². The smallest absolute Gasteiger partial charge is 0.251 e. The van der Waals surface area contributed by atoms with E-state index in [1.54, 1.807) is 31.4 Å². The molecule has 1 saturated heterocycles. The fourth-order valence-electron chi connectivity index (χ4n) is 3.41. The average molecular weight is 391 g/mol. The molecule has 2 atom stereocenters. The van der Waals surface area contributed by atoms with Gasteiger partial charge in [-0.05, 0) is 55.9 Å². The Kier molecular flexibility index (Phi) is 8.77. The molecule has 1 aromatic carbocycles. The van der Waals surface area contributed by atoms with Gasteiger partial charge < -0.3 is 19.7 Å². The summed E-state index contributed by atoms with van der Waals surface area (Å²) in [5, 5.41) is 2.93. The summed E-state index contributed by atoms with van der Waals surface area (Å²) in [6.45, 7) is 8.18. The fraction of sp³-hybridized carbons (Fsp3) is 0.636. The second-order valence-electron chi connectivity index (χ2n) is 7.67. The Labute approximate surface area is 168 Å². The fourth-order valence-corrected chi connectivity index (χ4v) is 3.41. The van der Waals surface area contributed by atoms with Gasteiger partial charge in [0.1, 0.15) is 11.8 Å². The molecule has 6 nitrogen and oxygen atoms in total. The van der Waals surface area contributed by atoms with Crippen molar-refractivity contribution in [1.82, 2.24) is 10.2 Å². The van der Waals surface area contributed by atoms with Gasteiger partial charge in [-0.25, -0.2) is 0 Å². The predicted molar refractivity (Wildman–Crippen MR) is 110 cm³/mol. The van der Waals surface area contributed by atoms with Gasteiger partial charge in [0.05, 0.1) is 13.2 Å². The minimum Gasteiger partial charge on any atom is -0.497 e. The van der Waals surface area contributed by atoms with Crippen LogP contribution >= 0.6 is 0 Å². The highest BCUT2D eigenvalue weighted by molar-refractivity contribution is 5.97. The maximum atomic E-state index is 13.1. The highest BCUT2D eigenvalue weighted by Gasteiger charge is 2.30. The Bertz CT molecular complexity index is 630. The first-order valence-electron chi connectivity index (χ1n) is 10.3. The van der Waals surface area contributed by atoms with Gasteiger partial charge in [-0.3, -0.25) is 9.59 Å². The van der Waals surface area contributed by atoms with Gasteiger partial charge in [-0.2, -0.15) is 0 Å². The molecule has 1 fully saturated rings. The zero-order valence-corrected chi connectivity index (χ0v) is 17.6. The zero-order chi connectivity index (χ0) is 20.5. The maximum Gasteiger partial charge on any atom is 0.251 e. The van der Waals surface area contributed by atoms with E-state index in [9.17, 15) is 9.59 Å². The standard InChI is InChI=1S/C22H34N2O4/c1-5-15-28-19-7-6-13-24(14-12-19)22(26)20(16(2)3)23-21(25)17-8-10-18(27-4)11-9-17/h8-11,16,19-20H,5-7,12-15H2,1-4H3,(H,23,25). The monoisotopic (exact) mass is 390 g/mol. The zero-order valence-electron chi connectivity index (χ0n) is 17.6. The molecule has 0 spiro atoms. The van der Waals surface area contributed by atoms with Crippen LogP contribution in [0.4, 0.5) is 0 Å². The van der Waals surface area contributed by atoms with Crippen molar-refractivity contribution in [2.24, 2.45) is 5.92 Å². The highest BCUT2D eigenvalue weighted by Crippen LogP contribution is 2.18. The summed E-state index contributed by atoms with van der Waals surface area (Å²) >= 11 is 0. The van der Waals surface area contributed by atoms with Crippen LogP contribution in [0.5, 0.6) is 5.75 Å². The molecule has 2 amide bonds. The molecule has 1 aromatic rings. The normalized spacial score (nSPS) is 18.5. The van der Waals surface area contributed by atoms with Gasteiger partial charge in [0.15, 0.2) is 0 Å². The molecule has 1 aliphatic heterocycles. The van der Waals surface area contributed by atoms with E-state index in [4.69, 9.17) is 9.47 Å². The highest BCUT2D eigenvalue weighted by atomic mass is 16.5. The van der Waals surface area contributed by atoms with Gasteiger partial charge in [0, 0.05) is 25.3 Å². The molecule has 1 N–H and O–H groups in total. The van der Waals surface area contributed by atoms with Crippen LogP contribution in [0, 0.1) is 5.92 Å². The Balaban J connectivity index is 1.99. The van der Waals surface area contributed by atoms with Crippen molar-refractivity contribution in [2.75, 3.05) is 26.8 Å². The summed E-state index contributed by atoms with van der Waals surface area (Å²) < 4.78 is 11.0. The van der Waals surface area contributed by atoms with E-state index < -0.39 is 6.04 Å². The number of ether oxygens (including phenoxy) is 2. The number of hydrogen-bond acceptors (Lipinski definition) is 4. The van der Waals surface area contributed by atoms with Crippen LogP contribution in [0.1, 0.15) is 56.8 Å². The summed E-state index contributed by atoms with van der Waals surface area (Å²) in [4.78, 5) is 27.7. The summed E-state index contributed by atoms with van der Waals surface area (Å²) in [5.74, 6) is 0.448.